The molecule has 3 aromatic rings. The molecule has 0 bridgehead atoms. The largest absolute Gasteiger partial charge is 0.396 e. The SMILES string of the molecule is Cc1cccc(N2CCN(CCC(C)(C)NC(=O)C3CC(n4cc(-c5cc(F)c(Br)c(F)c5N)nn4)C3)CC2)c1. The Morgan fingerprint density at radius 2 is 1.90 bits per heavy atom. The summed E-state index contributed by atoms with van der Waals surface area (Å²) in [6.45, 7) is 11.2. The zero-order valence-corrected chi connectivity index (χ0v) is 24.7. The highest BCUT2D eigenvalue weighted by Crippen LogP contribution is 2.39. The number of hydrogen-bond acceptors (Lipinski definition) is 6. The minimum absolute atomic E-state index is 0.00354. The van der Waals surface area contributed by atoms with Crippen molar-refractivity contribution in [3.8, 4) is 11.3 Å². The van der Waals surface area contributed by atoms with Crippen LogP contribution in [0.1, 0.15) is 44.7 Å². The first kappa shape index (κ1) is 28.5. The molecule has 1 saturated heterocycles. The van der Waals surface area contributed by atoms with Crippen LogP contribution in [-0.2, 0) is 4.79 Å². The van der Waals surface area contributed by atoms with Crippen molar-refractivity contribution in [1.82, 2.24) is 25.2 Å². The molecular weight excluding hydrogens is 580 g/mol. The summed E-state index contributed by atoms with van der Waals surface area (Å²) in [6.07, 6.45) is 3.75. The Morgan fingerprint density at radius 3 is 2.60 bits per heavy atom. The molecule has 0 spiro atoms. The van der Waals surface area contributed by atoms with Crippen LogP contribution in [0.4, 0.5) is 20.2 Å². The second kappa shape index (κ2) is 11.4. The average Bonchev–Trinajstić information content (AvgIpc) is 3.37. The fourth-order valence-corrected chi connectivity index (χ4v) is 5.74. The molecule has 2 heterocycles. The van der Waals surface area contributed by atoms with E-state index < -0.39 is 11.6 Å². The minimum Gasteiger partial charge on any atom is -0.396 e. The predicted molar refractivity (Wildman–Crippen MR) is 156 cm³/mol. The summed E-state index contributed by atoms with van der Waals surface area (Å²) in [4.78, 5) is 17.9. The maximum atomic E-state index is 14.2. The van der Waals surface area contributed by atoms with Crippen LogP contribution in [0, 0.1) is 24.5 Å². The van der Waals surface area contributed by atoms with Crippen LogP contribution >= 0.6 is 15.9 Å². The molecule has 1 saturated carbocycles. The third-order valence-electron chi connectivity index (χ3n) is 8.10. The number of aryl methyl sites for hydroxylation is 1. The summed E-state index contributed by atoms with van der Waals surface area (Å²) < 4.78 is 29.6. The van der Waals surface area contributed by atoms with E-state index in [1.54, 1.807) is 10.9 Å². The van der Waals surface area contributed by atoms with E-state index in [-0.39, 0.29) is 44.8 Å². The zero-order chi connectivity index (χ0) is 28.6. The number of benzene rings is 2. The number of halogens is 3. The van der Waals surface area contributed by atoms with Gasteiger partial charge in [-0.2, -0.15) is 0 Å². The van der Waals surface area contributed by atoms with Crippen molar-refractivity contribution in [2.24, 2.45) is 5.92 Å². The van der Waals surface area contributed by atoms with E-state index >= 15 is 0 Å². The Morgan fingerprint density at radius 1 is 1.18 bits per heavy atom. The van der Waals surface area contributed by atoms with Gasteiger partial charge in [0.15, 0.2) is 5.82 Å². The first-order valence-electron chi connectivity index (χ1n) is 13.7. The molecule has 8 nitrogen and oxygen atoms in total. The summed E-state index contributed by atoms with van der Waals surface area (Å²) in [7, 11) is 0. The van der Waals surface area contributed by atoms with Gasteiger partial charge in [0.25, 0.3) is 0 Å². The minimum atomic E-state index is -0.864. The number of anilines is 2. The number of nitrogens with one attached hydrogen (secondary N) is 1. The lowest BCUT2D eigenvalue weighted by Crippen LogP contribution is -2.52. The molecule has 0 radical (unpaired) electrons. The molecule has 1 amide bonds. The molecule has 2 aromatic carbocycles. The van der Waals surface area contributed by atoms with Gasteiger partial charge >= 0.3 is 0 Å². The molecule has 1 aliphatic carbocycles. The summed E-state index contributed by atoms with van der Waals surface area (Å²) in [5, 5.41) is 11.4. The first-order chi connectivity index (χ1) is 19.0. The van der Waals surface area contributed by atoms with E-state index in [1.807, 2.05) is 0 Å². The van der Waals surface area contributed by atoms with Crippen molar-refractivity contribution in [3.63, 3.8) is 0 Å². The fourth-order valence-electron chi connectivity index (χ4n) is 5.41. The van der Waals surface area contributed by atoms with E-state index in [1.165, 1.54) is 11.3 Å². The molecule has 0 atom stereocenters. The van der Waals surface area contributed by atoms with E-state index in [0.29, 0.717) is 12.8 Å². The molecular formula is C29H36BrF2N7O. The van der Waals surface area contributed by atoms with Crippen LogP contribution in [-0.4, -0.2) is 64.1 Å². The van der Waals surface area contributed by atoms with Gasteiger partial charge in [0, 0.05) is 55.4 Å². The van der Waals surface area contributed by atoms with Gasteiger partial charge in [-0.25, -0.2) is 13.5 Å². The van der Waals surface area contributed by atoms with Crippen LogP contribution in [0.15, 0.2) is 41.0 Å². The van der Waals surface area contributed by atoms with Crippen molar-refractivity contribution in [2.75, 3.05) is 43.4 Å². The topological polar surface area (TPSA) is 92.3 Å². The first-order valence-corrected chi connectivity index (χ1v) is 14.5. The number of nitrogen functional groups attached to an aromatic ring is 1. The van der Waals surface area contributed by atoms with Gasteiger partial charge in [0.05, 0.1) is 22.4 Å². The Bertz CT molecular complexity index is 1380. The third-order valence-corrected chi connectivity index (χ3v) is 8.83. The number of carbonyl (C=O) groups is 1. The lowest BCUT2D eigenvalue weighted by molar-refractivity contribution is -0.130. The number of piperazine rings is 1. The second-order valence-corrected chi connectivity index (χ2v) is 12.4. The molecule has 2 aliphatic rings. The normalized spacial score (nSPS) is 19.9. The molecule has 3 N–H and O–H groups in total. The third kappa shape index (κ3) is 6.15. The monoisotopic (exact) mass is 615 g/mol. The summed E-state index contributed by atoms with van der Waals surface area (Å²) in [6, 6.07) is 9.78. The summed E-state index contributed by atoms with van der Waals surface area (Å²) >= 11 is 2.85. The molecule has 5 rings (SSSR count). The van der Waals surface area contributed by atoms with Crippen LogP contribution in [0.2, 0.25) is 0 Å². The number of aromatic nitrogens is 3. The van der Waals surface area contributed by atoms with Crippen LogP contribution in [0.3, 0.4) is 0 Å². The number of rotatable bonds is 8. The maximum Gasteiger partial charge on any atom is 0.223 e. The lowest BCUT2D eigenvalue weighted by atomic mass is 9.79. The van der Waals surface area contributed by atoms with E-state index in [4.69, 9.17) is 5.73 Å². The van der Waals surface area contributed by atoms with Gasteiger partial charge in [-0.1, -0.05) is 17.3 Å². The maximum absolute atomic E-state index is 14.2. The van der Waals surface area contributed by atoms with Gasteiger partial charge in [0.2, 0.25) is 5.91 Å². The summed E-state index contributed by atoms with van der Waals surface area (Å²) in [5.74, 6) is -1.68. The number of amides is 1. The molecule has 2 fully saturated rings. The van der Waals surface area contributed by atoms with Crippen LogP contribution in [0.25, 0.3) is 11.3 Å². The highest BCUT2D eigenvalue weighted by atomic mass is 79.9. The molecule has 11 heteroatoms. The highest BCUT2D eigenvalue weighted by Gasteiger charge is 2.38. The van der Waals surface area contributed by atoms with Crippen LogP contribution in [0.5, 0.6) is 0 Å². The smallest absolute Gasteiger partial charge is 0.223 e. The van der Waals surface area contributed by atoms with Crippen molar-refractivity contribution in [1.29, 1.82) is 0 Å². The second-order valence-electron chi connectivity index (χ2n) is 11.6. The average molecular weight is 617 g/mol. The number of hydrogen-bond donors (Lipinski definition) is 2. The zero-order valence-electron chi connectivity index (χ0n) is 23.1. The number of nitrogens with zero attached hydrogens (tertiary/aromatic N) is 5. The van der Waals surface area contributed by atoms with Gasteiger partial charge in [-0.15, -0.1) is 5.10 Å². The van der Waals surface area contributed by atoms with Gasteiger partial charge in [0.1, 0.15) is 11.5 Å². The number of nitrogens with two attached hydrogens (primary N) is 1. The van der Waals surface area contributed by atoms with Gasteiger partial charge in [-0.05, 0) is 79.7 Å². The Kier molecular flexibility index (Phi) is 8.15. The van der Waals surface area contributed by atoms with Crippen molar-refractivity contribution >= 4 is 33.2 Å². The fraction of sp³-hybridized carbons (Fsp3) is 0.483. The lowest BCUT2D eigenvalue weighted by Gasteiger charge is -2.39. The summed E-state index contributed by atoms with van der Waals surface area (Å²) in [5.41, 5.74) is 8.33. The van der Waals surface area contributed by atoms with E-state index in [9.17, 15) is 13.6 Å². The Hall–Kier alpha value is -3.05. The molecule has 0 unspecified atom stereocenters. The van der Waals surface area contributed by atoms with E-state index in [2.05, 4.69) is 86.4 Å². The molecule has 1 aliphatic heterocycles. The Balaban J connectivity index is 1.08. The van der Waals surface area contributed by atoms with Gasteiger partial charge in [-0.3, -0.25) is 9.69 Å². The van der Waals surface area contributed by atoms with Gasteiger partial charge < -0.3 is 16.0 Å². The Labute approximate surface area is 242 Å². The predicted octanol–water partition coefficient (Wildman–Crippen LogP) is 4.93. The molecule has 40 heavy (non-hydrogen) atoms. The quantitative estimate of drug-likeness (QED) is 0.276. The number of carbonyl (C=O) groups excluding carboxylic acids is 1. The van der Waals surface area contributed by atoms with E-state index in [0.717, 1.165) is 45.2 Å². The van der Waals surface area contributed by atoms with Crippen molar-refractivity contribution < 1.29 is 13.6 Å². The molecule has 1 aromatic heterocycles. The molecule has 214 valence electrons. The highest BCUT2D eigenvalue weighted by molar-refractivity contribution is 9.10. The van der Waals surface area contributed by atoms with Crippen LogP contribution < -0.4 is 16.0 Å². The van der Waals surface area contributed by atoms with Crippen molar-refractivity contribution in [2.45, 2.75) is 51.6 Å². The van der Waals surface area contributed by atoms with Crippen molar-refractivity contribution in [3.05, 3.63) is 58.2 Å². The standard InChI is InChI=1S/C29H36BrF2N7O/c1-18-5-4-6-20(13-18)38-11-9-37(10-12-38)8-7-29(2,3)34-28(40)19-14-21(15-19)39-17-24(35-36-39)22-16-23(31)25(30)26(32)27(22)33/h4-6,13,16-17,19,21H,7-12,14-15,33H2,1-3H3,(H,34,40).